The van der Waals surface area contributed by atoms with E-state index in [0.717, 1.165) is 29.5 Å². The molecular weight excluding hydrogens is 333 g/mol. The molecule has 2 aromatic carbocycles. The van der Waals surface area contributed by atoms with Crippen molar-refractivity contribution in [2.45, 2.75) is 44.7 Å². The summed E-state index contributed by atoms with van der Waals surface area (Å²) in [5, 5.41) is 8.87. The number of carbonyl (C=O) groups is 2. The molecule has 1 fully saturated rings. The van der Waals surface area contributed by atoms with Crippen LogP contribution >= 0.6 is 0 Å². The number of rotatable bonds is 4. The Kier molecular flexibility index (Phi) is 4.02. The number of nitrogens with zero attached hydrogens (tertiary/aromatic N) is 1. The summed E-state index contributed by atoms with van der Waals surface area (Å²) in [6, 6.07) is 10.7. The van der Waals surface area contributed by atoms with E-state index in [0.29, 0.717) is 6.42 Å². The molecule has 2 aromatic rings. The fourth-order valence-corrected chi connectivity index (χ4v) is 4.11. The maximum Gasteiger partial charge on any atom is 0.303 e. The van der Waals surface area contributed by atoms with Crippen LogP contribution in [0.5, 0.6) is 0 Å². The number of amides is 1. The van der Waals surface area contributed by atoms with E-state index in [2.05, 4.69) is 0 Å². The lowest BCUT2D eigenvalue weighted by atomic mass is 9.74. The summed E-state index contributed by atoms with van der Waals surface area (Å²) in [4.78, 5) is 25.5. The third-order valence-electron chi connectivity index (χ3n) is 5.46. The number of carboxylic acid groups (broad SMARTS) is 1. The molecule has 0 saturated carbocycles. The lowest BCUT2D eigenvalue weighted by Crippen LogP contribution is -2.57. The van der Waals surface area contributed by atoms with Gasteiger partial charge in [0.1, 0.15) is 5.82 Å². The van der Waals surface area contributed by atoms with E-state index in [1.165, 1.54) is 11.6 Å². The Balaban J connectivity index is 1.61. The quantitative estimate of drug-likeness (QED) is 0.912. The molecule has 2 aliphatic rings. The molecule has 2 bridgehead atoms. The molecule has 1 aliphatic heterocycles. The first kappa shape index (κ1) is 16.8. The maximum atomic E-state index is 14.1. The topological polar surface area (TPSA) is 57.6 Å². The zero-order valence-electron chi connectivity index (χ0n) is 14.5. The minimum Gasteiger partial charge on any atom is -0.481 e. The fraction of sp³-hybridized carbons (Fsp3) is 0.333. The van der Waals surface area contributed by atoms with Gasteiger partial charge < -0.3 is 10.0 Å². The van der Waals surface area contributed by atoms with Gasteiger partial charge in [0.25, 0.3) is 5.91 Å². The smallest absolute Gasteiger partial charge is 0.303 e. The van der Waals surface area contributed by atoms with Crippen LogP contribution in [0, 0.1) is 12.7 Å². The van der Waals surface area contributed by atoms with Crippen LogP contribution in [0.15, 0.2) is 36.4 Å². The highest BCUT2D eigenvalue weighted by Gasteiger charge is 2.47. The van der Waals surface area contributed by atoms with Crippen molar-refractivity contribution in [1.29, 1.82) is 0 Å². The molecule has 1 heterocycles. The van der Waals surface area contributed by atoms with Gasteiger partial charge in [-0.3, -0.25) is 9.59 Å². The Bertz CT molecular complexity index is 908. The van der Waals surface area contributed by atoms with Gasteiger partial charge in [-0.1, -0.05) is 29.8 Å². The lowest BCUT2D eigenvalue weighted by molar-refractivity contribution is -0.136. The molecule has 134 valence electrons. The van der Waals surface area contributed by atoms with Crippen LogP contribution in [0.25, 0.3) is 0 Å². The van der Waals surface area contributed by atoms with Crippen LogP contribution in [0.4, 0.5) is 4.39 Å². The van der Waals surface area contributed by atoms with Gasteiger partial charge in [0.05, 0.1) is 11.6 Å². The Hall–Kier alpha value is -2.69. The van der Waals surface area contributed by atoms with Crippen molar-refractivity contribution in [3.8, 4) is 0 Å². The summed E-state index contributed by atoms with van der Waals surface area (Å²) < 4.78 is 14.1. The Morgan fingerprint density at radius 2 is 2.04 bits per heavy atom. The zero-order chi connectivity index (χ0) is 18.4. The van der Waals surface area contributed by atoms with Crippen LogP contribution in [0.3, 0.4) is 0 Å². The molecule has 0 radical (unpaired) electrons. The average Bonchev–Trinajstić information content (AvgIpc) is 2.60. The highest BCUT2D eigenvalue weighted by Crippen LogP contribution is 2.47. The van der Waals surface area contributed by atoms with E-state index < -0.39 is 11.8 Å². The largest absolute Gasteiger partial charge is 0.481 e. The minimum atomic E-state index is -0.821. The SMILES string of the molecule is Cc1ccc(F)c(C(=O)N2C3C[C@@H]2Cc2ccc(CCC(=O)O)cc23)c1. The van der Waals surface area contributed by atoms with Crippen LogP contribution in [0.2, 0.25) is 0 Å². The van der Waals surface area contributed by atoms with Crippen LogP contribution in [-0.4, -0.2) is 27.9 Å². The van der Waals surface area contributed by atoms with Crippen LogP contribution < -0.4 is 0 Å². The molecule has 1 unspecified atom stereocenters. The number of fused-ring (bicyclic) bond motifs is 4. The summed E-state index contributed by atoms with van der Waals surface area (Å²) in [6.07, 6.45) is 2.21. The first-order chi connectivity index (χ1) is 12.4. The van der Waals surface area contributed by atoms with Crippen molar-refractivity contribution < 1.29 is 19.1 Å². The molecule has 26 heavy (non-hydrogen) atoms. The standard InChI is InChI=1S/C21H20FNO3/c1-12-2-6-18(22)17(8-12)21(26)23-15-10-14-5-3-13(4-7-20(24)25)9-16(14)19(23)11-15/h2-3,5-6,8-9,15,19H,4,7,10-11H2,1H3,(H,24,25)/t15-,19?/m0/s1. The Morgan fingerprint density at radius 1 is 1.23 bits per heavy atom. The summed E-state index contributed by atoms with van der Waals surface area (Å²) >= 11 is 0. The average molecular weight is 353 g/mol. The number of aliphatic carboxylic acids is 1. The molecule has 0 aromatic heterocycles. The number of aryl methyl sites for hydroxylation is 2. The van der Waals surface area contributed by atoms with Crippen LogP contribution in [0.1, 0.15) is 51.5 Å². The van der Waals surface area contributed by atoms with E-state index in [4.69, 9.17) is 5.11 Å². The number of hydrogen-bond acceptors (Lipinski definition) is 2. The number of carbonyl (C=O) groups excluding carboxylic acids is 1. The van der Waals surface area contributed by atoms with Crippen molar-refractivity contribution in [1.82, 2.24) is 4.90 Å². The summed E-state index contributed by atoms with van der Waals surface area (Å²) in [6.45, 7) is 1.84. The van der Waals surface area contributed by atoms with Gasteiger partial charge in [-0.05, 0) is 55.0 Å². The molecule has 4 rings (SSSR count). The molecule has 5 heteroatoms. The molecular formula is C21H20FNO3. The van der Waals surface area contributed by atoms with E-state index in [9.17, 15) is 14.0 Å². The van der Waals surface area contributed by atoms with Crippen molar-refractivity contribution in [3.05, 3.63) is 70.0 Å². The second-order valence-corrected chi connectivity index (χ2v) is 7.23. The van der Waals surface area contributed by atoms with Crippen molar-refractivity contribution >= 4 is 11.9 Å². The minimum absolute atomic E-state index is 0.0408. The number of carboxylic acids is 1. The highest BCUT2D eigenvalue weighted by molar-refractivity contribution is 5.96. The maximum absolute atomic E-state index is 14.1. The molecule has 1 aliphatic carbocycles. The van der Waals surface area contributed by atoms with Gasteiger partial charge in [0.15, 0.2) is 0 Å². The molecule has 0 spiro atoms. The lowest BCUT2D eigenvalue weighted by Gasteiger charge is -2.53. The van der Waals surface area contributed by atoms with Gasteiger partial charge in [-0.15, -0.1) is 0 Å². The number of halogens is 1. The van der Waals surface area contributed by atoms with Gasteiger partial charge in [0.2, 0.25) is 0 Å². The summed E-state index contributed by atoms with van der Waals surface area (Å²) in [5.74, 6) is -1.56. The first-order valence-electron chi connectivity index (χ1n) is 8.86. The predicted molar refractivity (Wildman–Crippen MR) is 94.6 cm³/mol. The second-order valence-electron chi connectivity index (χ2n) is 7.23. The summed E-state index contributed by atoms with van der Waals surface area (Å²) in [7, 11) is 0. The van der Waals surface area contributed by atoms with Gasteiger partial charge in [-0.2, -0.15) is 0 Å². The third-order valence-corrected chi connectivity index (χ3v) is 5.46. The molecule has 1 amide bonds. The molecule has 2 atom stereocenters. The predicted octanol–water partition coefficient (Wildman–Crippen LogP) is 3.66. The molecule has 1 N–H and O–H groups in total. The third kappa shape index (κ3) is 2.77. The van der Waals surface area contributed by atoms with Gasteiger partial charge in [-0.25, -0.2) is 4.39 Å². The van der Waals surface area contributed by atoms with Crippen molar-refractivity contribution in [2.75, 3.05) is 0 Å². The first-order valence-corrected chi connectivity index (χ1v) is 8.86. The number of hydrogen-bond donors (Lipinski definition) is 1. The van der Waals surface area contributed by atoms with E-state index in [1.807, 2.05) is 25.1 Å². The fourth-order valence-electron chi connectivity index (χ4n) is 4.11. The van der Waals surface area contributed by atoms with E-state index in [-0.39, 0.29) is 30.0 Å². The van der Waals surface area contributed by atoms with Gasteiger partial charge in [0, 0.05) is 12.5 Å². The molecule has 4 nitrogen and oxygen atoms in total. The van der Waals surface area contributed by atoms with Crippen LogP contribution in [-0.2, 0) is 17.6 Å². The monoisotopic (exact) mass is 353 g/mol. The Labute approximate surface area is 151 Å². The second kappa shape index (κ2) is 6.24. The Morgan fingerprint density at radius 3 is 2.81 bits per heavy atom. The zero-order valence-corrected chi connectivity index (χ0v) is 14.5. The van der Waals surface area contributed by atoms with E-state index >= 15 is 0 Å². The van der Waals surface area contributed by atoms with E-state index in [1.54, 1.807) is 17.0 Å². The highest BCUT2D eigenvalue weighted by atomic mass is 19.1. The number of benzene rings is 2. The molecule has 1 saturated heterocycles. The summed E-state index contributed by atoms with van der Waals surface area (Å²) in [5.41, 5.74) is 4.24. The van der Waals surface area contributed by atoms with Crippen molar-refractivity contribution in [2.24, 2.45) is 0 Å². The van der Waals surface area contributed by atoms with Gasteiger partial charge >= 0.3 is 5.97 Å². The van der Waals surface area contributed by atoms with Crippen molar-refractivity contribution in [3.63, 3.8) is 0 Å². The normalized spacial score (nSPS) is 20.3. The number of likely N-dealkylation sites (tertiary alicyclic amines) is 1.